The van der Waals surface area contributed by atoms with Gasteiger partial charge in [0.2, 0.25) is 0 Å². The molecule has 2 rings (SSSR count). The Kier molecular flexibility index (Phi) is 4.49. The molecule has 1 fully saturated rings. The number of anilines is 1. The molecule has 2 atom stereocenters. The van der Waals surface area contributed by atoms with Crippen molar-refractivity contribution in [3.05, 3.63) is 29.1 Å². The van der Waals surface area contributed by atoms with E-state index in [-0.39, 0.29) is 29.7 Å². The fourth-order valence-electron chi connectivity index (χ4n) is 2.72. The summed E-state index contributed by atoms with van der Waals surface area (Å²) < 4.78 is 13.8. The zero-order valence-electron chi connectivity index (χ0n) is 12.6. The molecule has 0 spiro atoms. The average Bonchev–Trinajstić information content (AvgIpc) is 2.74. The number of nitrogens with zero attached hydrogens (tertiary/aromatic N) is 2. The number of halogens is 1. The lowest BCUT2D eigenvalue weighted by Gasteiger charge is -2.27. The van der Waals surface area contributed by atoms with Gasteiger partial charge in [0.05, 0.1) is 6.10 Å². The number of likely N-dealkylation sites (tertiary alicyclic amines) is 1. The third-order valence-electron chi connectivity index (χ3n) is 3.86. The minimum atomic E-state index is -0.536. The Morgan fingerprint density at radius 2 is 2.19 bits per heavy atom. The van der Waals surface area contributed by atoms with Crippen molar-refractivity contribution in [2.45, 2.75) is 25.5 Å². The van der Waals surface area contributed by atoms with E-state index < -0.39 is 11.9 Å². The molecule has 1 aromatic rings. The van der Waals surface area contributed by atoms with Crippen LogP contribution in [0.3, 0.4) is 0 Å². The maximum Gasteiger partial charge on any atom is 0.254 e. The van der Waals surface area contributed by atoms with Crippen molar-refractivity contribution in [2.24, 2.45) is 0 Å². The molecule has 6 heteroatoms. The smallest absolute Gasteiger partial charge is 0.254 e. The number of aliphatic hydroxyl groups is 1. The SMILES string of the molecule is Cc1c(N)cc(C(=O)N2CC(O)CC2CN(C)C)cc1F. The van der Waals surface area contributed by atoms with Gasteiger partial charge in [-0.15, -0.1) is 0 Å². The molecule has 1 aliphatic rings. The Morgan fingerprint density at radius 3 is 2.76 bits per heavy atom. The van der Waals surface area contributed by atoms with Gasteiger partial charge in [-0.05, 0) is 39.6 Å². The van der Waals surface area contributed by atoms with Crippen molar-refractivity contribution in [3.8, 4) is 0 Å². The first-order valence-corrected chi connectivity index (χ1v) is 6.99. The minimum Gasteiger partial charge on any atom is -0.398 e. The van der Waals surface area contributed by atoms with E-state index in [1.807, 2.05) is 19.0 Å². The molecule has 2 unspecified atom stereocenters. The fourth-order valence-corrected chi connectivity index (χ4v) is 2.72. The largest absolute Gasteiger partial charge is 0.398 e. The number of nitrogens with two attached hydrogens (primary N) is 1. The summed E-state index contributed by atoms with van der Waals surface area (Å²) in [5.41, 5.74) is 6.57. The minimum absolute atomic E-state index is 0.0758. The second-order valence-electron chi connectivity index (χ2n) is 5.94. The van der Waals surface area contributed by atoms with Gasteiger partial charge in [0.25, 0.3) is 5.91 Å². The van der Waals surface area contributed by atoms with Crippen LogP contribution in [0.2, 0.25) is 0 Å². The second kappa shape index (κ2) is 5.99. The molecule has 21 heavy (non-hydrogen) atoms. The fraction of sp³-hybridized carbons (Fsp3) is 0.533. The summed E-state index contributed by atoms with van der Waals surface area (Å²) in [5.74, 6) is -0.772. The van der Waals surface area contributed by atoms with Gasteiger partial charge in [0, 0.05) is 35.9 Å². The molecule has 0 bridgehead atoms. The zero-order chi connectivity index (χ0) is 15.7. The summed E-state index contributed by atoms with van der Waals surface area (Å²) in [6.45, 7) is 2.51. The molecule has 0 saturated carbocycles. The third-order valence-corrected chi connectivity index (χ3v) is 3.86. The van der Waals surface area contributed by atoms with E-state index in [9.17, 15) is 14.3 Å². The molecule has 0 radical (unpaired) electrons. The molecule has 1 amide bonds. The van der Waals surface area contributed by atoms with Gasteiger partial charge < -0.3 is 20.6 Å². The van der Waals surface area contributed by atoms with E-state index in [0.717, 1.165) is 0 Å². The molecule has 5 nitrogen and oxygen atoms in total. The Bertz CT molecular complexity index is 525. The van der Waals surface area contributed by atoms with Gasteiger partial charge in [-0.25, -0.2) is 4.39 Å². The van der Waals surface area contributed by atoms with E-state index >= 15 is 0 Å². The number of likely N-dealkylation sites (N-methyl/N-ethyl adjacent to an activating group) is 1. The number of β-amino-alcohol motifs (C(OH)–C–C–N with tert-alkyl or cyclic N) is 1. The molecule has 1 aromatic carbocycles. The van der Waals surface area contributed by atoms with Crippen LogP contribution in [0.25, 0.3) is 0 Å². The maximum absolute atomic E-state index is 13.8. The third kappa shape index (κ3) is 3.33. The number of hydrogen-bond donors (Lipinski definition) is 2. The number of carbonyl (C=O) groups excluding carboxylic acids is 1. The maximum atomic E-state index is 13.8. The van der Waals surface area contributed by atoms with E-state index in [1.165, 1.54) is 12.1 Å². The number of amides is 1. The first-order chi connectivity index (χ1) is 9.79. The Morgan fingerprint density at radius 1 is 1.52 bits per heavy atom. The standard InChI is InChI=1S/C15H22FN3O2/c1-9-13(16)4-10(5-14(9)17)15(21)19-8-12(20)6-11(19)7-18(2)3/h4-5,11-12,20H,6-8,17H2,1-3H3. The highest BCUT2D eigenvalue weighted by Gasteiger charge is 2.35. The van der Waals surface area contributed by atoms with Crippen LogP contribution in [0.5, 0.6) is 0 Å². The molecular weight excluding hydrogens is 273 g/mol. The van der Waals surface area contributed by atoms with Gasteiger partial charge in [-0.3, -0.25) is 4.79 Å². The van der Waals surface area contributed by atoms with Crippen LogP contribution in [0.15, 0.2) is 12.1 Å². The topological polar surface area (TPSA) is 69.8 Å². The van der Waals surface area contributed by atoms with Crippen molar-refractivity contribution in [3.63, 3.8) is 0 Å². The summed E-state index contributed by atoms with van der Waals surface area (Å²) in [6.07, 6.45) is -0.000147. The molecule has 0 aromatic heterocycles. The zero-order valence-corrected chi connectivity index (χ0v) is 12.6. The van der Waals surface area contributed by atoms with Gasteiger partial charge in [-0.1, -0.05) is 0 Å². The number of hydrogen-bond acceptors (Lipinski definition) is 4. The highest BCUT2D eigenvalue weighted by Crippen LogP contribution is 2.24. The van der Waals surface area contributed by atoms with E-state index in [1.54, 1.807) is 11.8 Å². The summed E-state index contributed by atoms with van der Waals surface area (Å²) in [6, 6.07) is 2.64. The van der Waals surface area contributed by atoms with Crippen LogP contribution in [0.1, 0.15) is 22.3 Å². The van der Waals surface area contributed by atoms with E-state index in [4.69, 9.17) is 5.73 Å². The van der Waals surface area contributed by atoms with Crippen LogP contribution in [0, 0.1) is 12.7 Å². The number of aliphatic hydroxyl groups excluding tert-OH is 1. The summed E-state index contributed by atoms with van der Waals surface area (Å²) in [4.78, 5) is 16.1. The van der Waals surface area contributed by atoms with Gasteiger partial charge in [0.1, 0.15) is 5.82 Å². The van der Waals surface area contributed by atoms with Crippen molar-refractivity contribution >= 4 is 11.6 Å². The number of nitrogen functional groups attached to an aromatic ring is 1. The van der Waals surface area contributed by atoms with E-state index in [0.29, 0.717) is 18.5 Å². The number of rotatable bonds is 3. The predicted octanol–water partition coefficient (Wildman–Crippen LogP) is 0.853. The molecule has 1 saturated heterocycles. The second-order valence-corrected chi connectivity index (χ2v) is 5.94. The Hall–Kier alpha value is -1.66. The van der Waals surface area contributed by atoms with Crippen LogP contribution in [-0.2, 0) is 0 Å². The van der Waals surface area contributed by atoms with Crippen molar-refractivity contribution < 1.29 is 14.3 Å². The van der Waals surface area contributed by atoms with Crippen LogP contribution >= 0.6 is 0 Å². The Labute approximate surface area is 124 Å². The lowest BCUT2D eigenvalue weighted by atomic mass is 10.1. The molecular formula is C15H22FN3O2. The predicted molar refractivity (Wildman–Crippen MR) is 79.6 cm³/mol. The number of carbonyl (C=O) groups is 1. The van der Waals surface area contributed by atoms with Crippen molar-refractivity contribution in [2.75, 3.05) is 32.9 Å². The first-order valence-electron chi connectivity index (χ1n) is 6.99. The highest BCUT2D eigenvalue weighted by atomic mass is 19.1. The highest BCUT2D eigenvalue weighted by molar-refractivity contribution is 5.95. The number of benzene rings is 1. The van der Waals surface area contributed by atoms with Crippen molar-refractivity contribution in [1.29, 1.82) is 0 Å². The lowest BCUT2D eigenvalue weighted by Crippen LogP contribution is -2.41. The van der Waals surface area contributed by atoms with Crippen molar-refractivity contribution in [1.82, 2.24) is 9.80 Å². The van der Waals surface area contributed by atoms with Crippen LogP contribution in [-0.4, -0.2) is 60.1 Å². The summed E-state index contributed by atoms with van der Waals surface area (Å²) in [5, 5.41) is 9.82. The van der Waals surface area contributed by atoms with Gasteiger partial charge in [-0.2, -0.15) is 0 Å². The van der Waals surface area contributed by atoms with Gasteiger partial charge >= 0.3 is 0 Å². The van der Waals surface area contributed by atoms with E-state index in [2.05, 4.69) is 0 Å². The quantitative estimate of drug-likeness (QED) is 0.811. The summed E-state index contributed by atoms with van der Waals surface area (Å²) in [7, 11) is 3.83. The van der Waals surface area contributed by atoms with Crippen LogP contribution in [0.4, 0.5) is 10.1 Å². The average molecular weight is 295 g/mol. The molecule has 3 N–H and O–H groups in total. The molecule has 1 heterocycles. The first kappa shape index (κ1) is 15.7. The molecule has 1 aliphatic heterocycles. The molecule has 0 aliphatic carbocycles. The molecule has 116 valence electrons. The normalized spacial score (nSPS) is 22.1. The van der Waals surface area contributed by atoms with Gasteiger partial charge in [0.15, 0.2) is 0 Å². The lowest BCUT2D eigenvalue weighted by molar-refractivity contribution is 0.0698. The Balaban J connectivity index is 2.26. The van der Waals surface area contributed by atoms with Crippen LogP contribution < -0.4 is 5.73 Å². The summed E-state index contributed by atoms with van der Waals surface area (Å²) >= 11 is 0. The monoisotopic (exact) mass is 295 g/mol.